The second kappa shape index (κ2) is 7.98. The summed E-state index contributed by atoms with van der Waals surface area (Å²) in [6, 6.07) is 9.70. The zero-order valence-corrected chi connectivity index (χ0v) is 13.8. The molecule has 0 aromatic heterocycles. The van der Waals surface area contributed by atoms with Crippen LogP contribution in [0.15, 0.2) is 30.3 Å². The van der Waals surface area contributed by atoms with Crippen molar-refractivity contribution in [2.24, 2.45) is 0 Å². The van der Waals surface area contributed by atoms with E-state index in [9.17, 15) is 4.79 Å². The lowest BCUT2D eigenvalue weighted by Gasteiger charge is -2.23. The van der Waals surface area contributed by atoms with Gasteiger partial charge in [-0.1, -0.05) is 30.3 Å². The summed E-state index contributed by atoms with van der Waals surface area (Å²) in [6.45, 7) is 7.52. The topological polar surface area (TPSA) is 47.6 Å². The molecule has 1 aromatic carbocycles. The Bertz CT molecular complexity index is 468. The van der Waals surface area contributed by atoms with Gasteiger partial charge >= 0.3 is 6.09 Å². The zero-order valence-electron chi connectivity index (χ0n) is 13.0. The summed E-state index contributed by atoms with van der Waals surface area (Å²) >= 11 is 4.91. The van der Waals surface area contributed by atoms with Gasteiger partial charge in [0.1, 0.15) is 12.2 Å². The number of benzene rings is 1. The third-order valence-corrected chi connectivity index (χ3v) is 2.65. The molecule has 0 aliphatic carbocycles. The monoisotopic (exact) mass is 309 g/mol. The normalized spacial score (nSPS) is 12.4. The molecular formula is C16H23NO3S. The Morgan fingerprint density at radius 3 is 2.43 bits per heavy atom. The van der Waals surface area contributed by atoms with Crippen LogP contribution in [0.1, 0.15) is 33.3 Å². The lowest BCUT2D eigenvalue weighted by molar-refractivity contribution is 0.0486. The molecule has 1 rings (SSSR count). The van der Waals surface area contributed by atoms with Crippen LogP contribution in [-0.4, -0.2) is 29.4 Å². The lowest BCUT2D eigenvalue weighted by Crippen LogP contribution is -2.43. The van der Waals surface area contributed by atoms with E-state index in [2.05, 4.69) is 5.32 Å². The summed E-state index contributed by atoms with van der Waals surface area (Å²) in [4.78, 5) is 11.9. The third-order valence-electron chi connectivity index (χ3n) is 2.53. The third kappa shape index (κ3) is 8.30. The standard InChI is InChI=1S/C16H23NO3S/c1-12(21)19-11-14(10-13-8-6-5-7-9-13)17-15(18)20-16(2,3)4/h5-9,14H,10-11H2,1-4H3,(H,17,18). The predicted octanol–water partition coefficient (Wildman–Crippen LogP) is 3.49. The highest BCUT2D eigenvalue weighted by atomic mass is 32.1. The maximum atomic E-state index is 11.9. The molecule has 0 saturated carbocycles. The average Bonchev–Trinajstić information content (AvgIpc) is 2.34. The van der Waals surface area contributed by atoms with Gasteiger partial charge in [-0.15, -0.1) is 0 Å². The second-order valence-corrected chi connectivity index (χ2v) is 6.41. The highest BCUT2D eigenvalue weighted by Gasteiger charge is 2.20. The summed E-state index contributed by atoms with van der Waals surface area (Å²) in [7, 11) is 0. The molecule has 0 bridgehead atoms. The summed E-state index contributed by atoms with van der Waals surface area (Å²) in [5.74, 6) is 0. The highest BCUT2D eigenvalue weighted by Crippen LogP contribution is 2.09. The number of amides is 1. The number of hydrogen-bond acceptors (Lipinski definition) is 4. The zero-order chi connectivity index (χ0) is 15.9. The van der Waals surface area contributed by atoms with Crippen molar-refractivity contribution in [3.63, 3.8) is 0 Å². The van der Waals surface area contributed by atoms with Gasteiger partial charge in [0.2, 0.25) is 0 Å². The minimum absolute atomic E-state index is 0.194. The van der Waals surface area contributed by atoms with Gasteiger partial charge < -0.3 is 14.8 Å². The first-order valence-corrected chi connectivity index (χ1v) is 7.34. The Balaban J connectivity index is 2.63. The van der Waals surface area contributed by atoms with Crippen molar-refractivity contribution in [3.8, 4) is 0 Å². The van der Waals surface area contributed by atoms with Crippen molar-refractivity contribution in [2.75, 3.05) is 6.61 Å². The van der Waals surface area contributed by atoms with Crippen LogP contribution in [0.3, 0.4) is 0 Å². The molecule has 0 spiro atoms. The first-order valence-electron chi connectivity index (χ1n) is 6.93. The van der Waals surface area contributed by atoms with Crippen molar-refractivity contribution in [1.29, 1.82) is 0 Å². The molecular weight excluding hydrogens is 286 g/mol. The molecule has 1 atom stereocenters. The summed E-state index contributed by atoms with van der Waals surface area (Å²) < 4.78 is 10.6. The first-order chi connectivity index (χ1) is 9.76. The van der Waals surface area contributed by atoms with E-state index in [1.165, 1.54) is 0 Å². The van der Waals surface area contributed by atoms with Crippen LogP contribution in [0.4, 0.5) is 4.79 Å². The van der Waals surface area contributed by atoms with E-state index in [0.717, 1.165) is 5.56 Å². The first kappa shape index (κ1) is 17.4. The number of thiocarbonyl (C=S) groups is 1. The molecule has 0 fully saturated rings. The maximum Gasteiger partial charge on any atom is 0.408 e. The van der Waals surface area contributed by atoms with E-state index in [1.54, 1.807) is 6.92 Å². The number of ether oxygens (including phenoxy) is 2. The largest absolute Gasteiger partial charge is 0.485 e. The number of alkyl carbamates (subject to hydrolysis) is 1. The van der Waals surface area contributed by atoms with Crippen LogP contribution in [0.5, 0.6) is 0 Å². The minimum atomic E-state index is -0.526. The van der Waals surface area contributed by atoms with Gasteiger partial charge in [0.05, 0.1) is 6.04 Å². The Morgan fingerprint density at radius 2 is 1.90 bits per heavy atom. The van der Waals surface area contributed by atoms with Gasteiger partial charge in [0.25, 0.3) is 0 Å². The quantitative estimate of drug-likeness (QED) is 0.846. The number of rotatable bonds is 5. The average molecular weight is 309 g/mol. The van der Waals surface area contributed by atoms with Crippen LogP contribution in [0, 0.1) is 0 Å². The van der Waals surface area contributed by atoms with Crippen molar-refractivity contribution in [2.45, 2.75) is 45.8 Å². The van der Waals surface area contributed by atoms with E-state index in [0.29, 0.717) is 18.1 Å². The van der Waals surface area contributed by atoms with Crippen LogP contribution < -0.4 is 5.32 Å². The maximum absolute atomic E-state index is 11.9. The van der Waals surface area contributed by atoms with Crippen LogP contribution in [-0.2, 0) is 15.9 Å². The number of hydrogen-bond donors (Lipinski definition) is 1. The highest BCUT2D eigenvalue weighted by molar-refractivity contribution is 7.80. The Morgan fingerprint density at radius 1 is 1.29 bits per heavy atom. The molecule has 4 nitrogen and oxygen atoms in total. The fourth-order valence-corrected chi connectivity index (χ4v) is 1.81. The molecule has 0 saturated heterocycles. The summed E-state index contributed by atoms with van der Waals surface area (Å²) in [5.41, 5.74) is 0.589. The molecule has 0 heterocycles. The van der Waals surface area contributed by atoms with Crippen molar-refractivity contribution in [3.05, 3.63) is 35.9 Å². The van der Waals surface area contributed by atoms with E-state index in [1.807, 2.05) is 51.1 Å². The van der Waals surface area contributed by atoms with Gasteiger partial charge in [-0.05, 0) is 45.0 Å². The van der Waals surface area contributed by atoms with Gasteiger partial charge in [-0.2, -0.15) is 0 Å². The fraction of sp³-hybridized carbons (Fsp3) is 0.500. The molecule has 0 aliphatic heterocycles. The predicted molar refractivity (Wildman–Crippen MR) is 87.5 cm³/mol. The van der Waals surface area contributed by atoms with E-state index in [4.69, 9.17) is 21.7 Å². The van der Waals surface area contributed by atoms with Crippen LogP contribution >= 0.6 is 12.2 Å². The molecule has 116 valence electrons. The van der Waals surface area contributed by atoms with Crippen molar-refractivity contribution >= 4 is 23.4 Å². The molecule has 21 heavy (non-hydrogen) atoms. The van der Waals surface area contributed by atoms with Crippen molar-refractivity contribution in [1.82, 2.24) is 5.32 Å². The van der Waals surface area contributed by atoms with E-state index in [-0.39, 0.29) is 6.04 Å². The smallest absolute Gasteiger partial charge is 0.408 e. The Kier molecular flexibility index (Phi) is 6.62. The van der Waals surface area contributed by atoms with Gasteiger partial charge in [-0.3, -0.25) is 0 Å². The SMILES string of the molecule is CC(=S)OCC(Cc1ccccc1)NC(=O)OC(C)(C)C. The molecule has 1 unspecified atom stereocenters. The van der Waals surface area contributed by atoms with Gasteiger partial charge in [0.15, 0.2) is 5.05 Å². The summed E-state index contributed by atoms with van der Waals surface area (Å²) in [6.07, 6.45) is 0.206. The van der Waals surface area contributed by atoms with Gasteiger partial charge in [-0.25, -0.2) is 4.79 Å². The van der Waals surface area contributed by atoms with Crippen LogP contribution in [0.2, 0.25) is 0 Å². The second-order valence-electron chi connectivity index (χ2n) is 5.84. The minimum Gasteiger partial charge on any atom is -0.485 e. The molecule has 1 N–H and O–H groups in total. The molecule has 0 aliphatic rings. The number of carbonyl (C=O) groups excluding carboxylic acids is 1. The van der Waals surface area contributed by atoms with Crippen molar-refractivity contribution < 1.29 is 14.3 Å². The molecule has 0 radical (unpaired) electrons. The molecule has 1 amide bonds. The fourth-order valence-electron chi connectivity index (χ4n) is 1.74. The number of nitrogens with one attached hydrogen (secondary N) is 1. The Hall–Kier alpha value is -1.62. The molecule has 5 heteroatoms. The van der Waals surface area contributed by atoms with Gasteiger partial charge in [0, 0.05) is 6.92 Å². The summed E-state index contributed by atoms with van der Waals surface area (Å²) in [5, 5.41) is 3.29. The molecule has 1 aromatic rings. The van der Waals surface area contributed by atoms with E-state index < -0.39 is 11.7 Å². The number of carbonyl (C=O) groups is 1. The van der Waals surface area contributed by atoms with E-state index >= 15 is 0 Å². The lowest BCUT2D eigenvalue weighted by atomic mass is 10.1. The Labute approximate surface area is 131 Å². The van der Waals surface area contributed by atoms with Crippen LogP contribution in [0.25, 0.3) is 0 Å².